The minimum Gasteiger partial charge on any atom is -0.457 e. The monoisotopic (exact) mass is 277 g/mol. The third kappa shape index (κ3) is 4.39. The normalized spacial score (nSPS) is 11.2. The molecule has 4 nitrogen and oxygen atoms in total. The van der Waals surface area contributed by atoms with Crippen LogP contribution in [0.15, 0.2) is 54.6 Å². The van der Waals surface area contributed by atoms with Crippen molar-refractivity contribution >= 4 is 10.0 Å². The molecule has 0 spiro atoms. The molecule has 2 aromatic carbocycles. The molecule has 0 fully saturated rings. The lowest BCUT2D eigenvalue weighted by atomic mass is 10.2. The molecule has 0 amide bonds. The van der Waals surface area contributed by atoms with E-state index < -0.39 is 10.0 Å². The lowest BCUT2D eigenvalue weighted by Crippen LogP contribution is -2.21. The van der Waals surface area contributed by atoms with Gasteiger partial charge in [-0.05, 0) is 18.2 Å². The van der Waals surface area contributed by atoms with E-state index in [9.17, 15) is 8.42 Å². The van der Waals surface area contributed by atoms with Crippen LogP contribution >= 0.6 is 0 Å². The second-order valence-corrected chi connectivity index (χ2v) is 5.95. The van der Waals surface area contributed by atoms with Crippen LogP contribution < -0.4 is 9.46 Å². The van der Waals surface area contributed by atoms with Crippen LogP contribution in [0.2, 0.25) is 0 Å². The summed E-state index contributed by atoms with van der Waals surface area (Å²) in [5, 5.41) is 0. The number of benzene rings is 2. The molecule has 0 saturated carbocycles. The summed E-state index contributed by atoms with van der Waals surface area (Å²) in [6.45, 7) is 0.210. The van der Waals surface area contributed by atoms with Gasteiger partial charge >= 0.3 is 0 Å². The quantitative estimate of drug-likeness (QED) is 0.913. The Morgan fingerprint density at radius 3 is 2.32 bits per heavy atom. The zero-order chi connectivity index (χ0) is 13.7. The van der Waals surface area contributed by atoms with Gasteiger partial charge in [0.05, 0.1) is 6.26 Å². The molecule has 19 heavy (non-hydrogen) atoms. The molecular weight excluding hydrogens is 262 g/mol. The topological polar surface area (TPSA) is 55.4 Å². The van der Waals surface area contributed by atoms with E-state index >= 15 is 0 Å². The van der Waals surface area contributed by atoms with Crippen molar-refractivity contribution in [3.05, 3.63) is 60.2 Å². The van der Waals surface area contributed by atoms with E-state index in [1.165, 1.54) is 0 Å². The highest BCUT2D eigenvalue weighted by Gasteiger charge is 2.07. The fraction of sp³-hybridized carbons (Fsp3) is 0.143. The molecule has 0 atom stereocenters. The van der Waals surface area contributed by atoms with Gasteiger partial charge in [0.15, 0.2) is 0 Å². The number of sulfonamides is 1. The zero-order valence-electron chi connectivity index (χ0n) is 10.5. The Hall–Kier alpha value is -1.85. The van der Waals surface area contributed by atoms with E-state index in [1.807, 2.05) is 54.6 Å². The van der Waals surface area contributed by atoms with Crippen molar-refractivity contribution in [2.24, 2.45) is 0 Å². The zero-order valence-corrected chi connectivity index (χ0v) is 11.4. The Kier molecular flexibility index (Phi) is 4.19. The van der Waals surface area contributed by atoms with Crippen LogP contribution in [-0.2, 0) is 16.6 Å². The molecule has 2 aromatic rings. The van der Waals surface area contributed by atoms with Crippen LogP contribution in [0.1, 0.15) is 5.56 Å². The summed E-state index contributed by atoms with van der Waals surface area (Å²) in [6.07, 6.45) is 1.13. The smallest absolute Gasteiger partial charge is 0.209 e. The molecule has 0 bridgehead atoms. The van der Waals surface area contributed by atoms with E-state index in [0.717, 1.165) is 11.8 Å². The van der Waals surface area contributed by atoms with Gasteiger partial charge in [0, 0.05) is 12.1 Å². The molecule has 0 aliphatic heterocycles. The molecule has 0 heterocycles. The van der Waals surface area contributed by atoms with Crippen molar-refractivity contribution in [2.45, 2.75) is 6.54 Å². The first-order valence-electron chi connectivity index (χ1n) is 5.80. The van der Waals surface area contributed by atoms with E-state index in [2.05, 4.69) is 4.72 Å². The van der Waals surface area contributed by atoms with Crippen LogP contribution in [0.4, 0.5) is 0 Å². The molecule has 100 valence electrons. The Morgan fingerprint density at radius 2 is 1.63 bits per heavy atom. The van der Waals surface area contributed by atoms with Crippen LogP contribution in [0.5, 0.6) is 11.5 Å². The van der Waals surface area contributed by atoms with Crippen LogP contribution in [0, 0.1) is 0 Å². The molecule has 0 unspecified atom stereocenters. The second kappa shape index (κ2) is 5.86. The first-order valence-corrected chi connectivity index (χ1v) is 7.69. The van der Waals surface area contributed by atoms with Crippen LogP contribution in [0.25, 0.3) is 0 Å². The van der Waals surface area contributed by atoms with Crippen molar-refractivity contribution < 1.29 is 13.2 Å². The Labute approximate surface area is 113 Å². The molecule has 0 saturated heterocycles. The predicted octanol–water partition coefficient (Wildman–Crippen LogP) is 2.53. The molecule has 0 aliphatic carbocycles. The molecule has 0 radical (unpaired) electrons. The number of rotatable bonds is 5. The second-order valence-electron chi connectivity index (χ2n) is 4.12. The van der Waals surface area contributed by atoms with E-state index in [0.29, 0.717) is 11.5 Å². The van der Waals surface area contributed by atoms with Gasteiger partial charge in [-0.15, -0.1) is 0 Å². The van der Waals surface area contributed by atoms with E-state index in [4.69, 9.17) is 4.74 Å². The maximum absolute atomic E-state index is 11.1. The fourth-order valence-corrected chi connectivity index (χ4v) is 1.99. The predicted molar refractivity (Wildman–Crippen MR) is 74.6 cm³/mol. The van der Waals surface area contributed by atoms with E-state index in [1.54, 1.807) is 0 Å². The number of nitrogens with one attached hydrogen (secondary N) is 1. The summed E-state index contributed by atoms with van der Waals surface area (Å²) in [5.74, 6) is 1.36. The average Bonchev–Trinajstić information content (AvgIpc) is 2.38. The lowest BCUT2D eigenvalue weighted by molar-refractivity contribution is 0.475. The summed E-state index contributed by atoms with van der Waals surface area (Å²) in [4.78, 5) is 0. The first-order chi connectivity index (χ1) is 9.04. The number of hydrogen-bond donors (Lipinski definition) is 1. The summed E-state index contributed by atoms with van der Waals surface area (Å²) in [7, 11) is -3.22. The lowest BCUT2D eigenvalue weighted by Gasteiger charge is -2.11. The molecule has 0 aliphatic rings. The Balaban J connectivity index is 2.17. The van der Waals surface area contributed by atoms with Gasteiger partial charge < -0.3 is 4.74 Å². The van der Waals surface area contributed by atoms with Gasteiger partial charge in [-0.25, -0.2) is 13.1 Å². The largest absolute Gasteiger partial charge is 0.457 e. The standard InChI is InChI=1S/C14H15NO3S/c1-19(16,17)15-11-12-7-5-6-10-14(12)18-13-8-3-2-4-9-13/h2-10,15H,11H2,1H3. The first kappa shape index (κ1) is 13.6. The SMILES string of the molecule is CS(=O)(=O)NCc1ccccc1Oc1ccccc1. The van der Waals surface area contributed by atoms with Gasteiger partial charge in [-0.3, -0.25) is 0 Å². The number of hydrogen-bond acceptors (Lipinski definition) is 3. The molecule has 2 rings (SSSR count). The van der Waals surface area contributed by atoms with Crippen molar-refractivity contribution in [1.82, 2.24) is 4.72 Å². The minimum atomic E-state index is -3.22. The van der Waals surface area contributed by atoms with Gasteiger partial charge in [0.25, 0.3) is 0 Å². The molecule has 0 aromatic heterocycles. The van der Waals surface area contributed by atoms with Gasteiger partial charge in [-0.2, -0.15) is 0 Å². The van der Waals surface area contributed by atoms with Gasteiger partial charge in [0.2, 0.25) is 10.0 Å². The molecule has 1 N–H and O–H groups in total. The van der Waals surface area contributed by atoms with Crippen molar-refractivity contribution in [1.29, 1.82) is 0 Å². The number of ether oxygens (including phenoxy) is 1. The van der Waals surface area contributed by atoms with Gasteiger partial charge in [0.1, 0.15) is 11.5 Å². The van der Waals surface area contributed by atoms with Crippen molar-refractivity contribution in [2.75, 3.05) is 6.26 Å². The third-order valence-electron chi connectivity index (χ3n) is 2.47. The van der Waals surface area contributed by atoms with Crippen LogP contribution in [-0.4, -0.2) is 14.7 Å². The highest BCUT2D eigenvalue weighted by molar-refractivity contribution is 7.88. The number of para-hydroxylation sites is 2. The highest BCUT2D eigenvalue weighted by Crippen LogP contribution is 2.24. The average molecular weight is 277 g/mol. The summed E-state index contributed by atoms with van der Waals surface area (Å²) < 4.78 is 30.4. The minimum absolute atomic E-state index is 0.210. The highest BCUT2D eigenvalue weighted by atomic mass is 32.2. The molecule has 5 heteroatoms. The van der Waals surface area contributed by atoms with Crippen molar-refractivity contribution in [3.63, 3.8) is 0 Å². The Morgan fingerprint density at radius 1 is 1.00 bits per heavy atom. The summed E-state index contributed by atoms with van der Waals surface area (Å²) >= 11 is 0. The molecular formula is C14H15NO3S. The fourth-order valence-electron chi connectivity index (χ4n) is 1.57. The Bertz CT molecular complexity index is 639. The van der Waals surface area contributed by atoms with Gasteiger partial charge in [-0.1, -0.05) is 36.4 Å². The summed E-state index contributed by atoms with van der Waals surface area (Å²) in [6, 6.07) is 16.7. The summed E-state index contributed by atoms with van der Waals surface area (Å²) in [5.41, 5.74) is 0.789. The van der Waals surface area contributed by atoms with Crippen LogP contribution in [0.3, 0.4) is 0 Å². The van der Waals surface area contributed by atoms with Crippen molar-refractivity contribution in [3.8, 4) is 11.5 Å². The maximum Gasteiger partial charge on any atom is 0.209 e. The maximum atomic E-state index is 11.1. The third-order valence-corrected chi connectivity index (χ3v) is 3.14. The van der Waals surface area contributed by atoms with E-state index in [-0.39, 0.29) is 6.54 Å².